The number of para-hydroxylation sites is 2. The van der Waals surface area contributed by atoms with Crippen molar-refractivity contribution in [3.05, 3.63) is 30.9 Å². The number of nitrogens with one attached hydrogen (secondary N) is 1. The van der Waals surface area contributed by atoms with E-state index in [1.807, 2.05) is 12.1 Å². The maximum atomic E-state index is 3.11. The van der Waals surface area contributed by atoms with Crippen molar-refractivity contribution in [3.8, 4) is 0 Å². The number of nitrogens with zero attached hydrogens (tertiary/aromatic N) is 1. The molecule has 0 bridgehead atoms. The molecule has 1 aliphatic heterocycles. The third-order valence-corrected chi connectivity index (χ3v) is 1.99. The highest BCUT2D eigenvalue weighted by atomic mass is 15.3. The molecule has 2 nitrogen and oxygen atoms in total. The summed E-state index contributed by atoms with van der Waals surface area (Å²) in [6.07, 6.45) is 0. The molecule has 1 N–H and O–H groups in total. The Bertz CT molecular complexity index is 281. The first-order valence-electron chi connectivity index (χ1n) is 4.19. The average Bonchev–Trinajstić information content (AvgIpc) is 2.47. The van der Waals surface area contributed by atoms with Crippen LogP contribution in [-0.2, 0) is 0 Å². The molecule has 0 saturated heterocycles. The predicted octanol–water partition coefficient (Wildman–Crippen LogP) is 2.32. The van der Waals surface area contributed by atoms with E-state index in [0.29, 0.717) is 6.04 Å². The lowest BCUT2D eigenvalue weighted by atomic mass is 10.2. The van der Waals surface area contributed by atoms with Crippen molar-refractivity contribution < 1.29 is 0 Å². The molecule has 0 unspecified atom stereocenters. The second-order valence-corrected chi connectivity index (χ2v) is 3.22. The maximum absolute atomic E-state index is 3.11. The monoisotopic (exact) mass is 160 g/mol. The Balaban J connectivity index is 2.36. The zero-order valence-electron chi connectivity index (χ0n) is 7.33. The van der Waals surface area contributed by atoms with Gasteiger partial charge >= 0.3 is 0 Å². The van der Waals surface area contributed by atoms with Crippen molar-refractivity contribution in [2.24, 2.45) is 0 Å². The fourth-order valence-electron chi connectivity index (χ4n) is 1.38. The van der Waals surface area contributed by atoms with Crippen LogP contribution in [0, 0.1) is 6.67 Å². The minimum Gasteiger partial charge on any atom is -0.354 e. The van der Waals surface area contributed by atoms with Crippen LogP contribution in [0.1, 0.15) is 13.8 Å². The predicted molar refractivity (Wildman–Crippen MR) is 50.9 cm³/mol. The highest BCUT2D eigenvalue weighted by molar-refractivity contribution is 5.77. The second-order valence-electron chi connectivity index (χ2n) is 3.22. The highest BCUT2D eigenvalue weighted by Crippen LogP contribution is 2.33. The normalized spacial score (nSPS) is 14.8. The van der Waals surface area contributed by atoms with Crippen molar-refractivity contribution in [3.63, 3.8) is 0 Å². The van der Waals surface area contributed by atoms with E-state index in [0.717, 1.165) is 5.69 Å². The van der Waals surface area contributed by atoms with Crippen LogP contribution >= 0.6 is 0 Å². The van der Waals surface area contributed by atoms with Gasteiger partial charge in [-0.15, -0.1) is 0 Å². The molecule has 1 heterocycles. The molecule has 0 fully saturated rings. The van der Waals surface area contributed by atoms with E-state index in [-0.39, 0.29) is 0 Å². The lowest BCUT2D eigenvalue weighted by Gasteiger charge is -2.20. The molecule has 1 aliphatic rings. The molecule has 0 aromatic heterocycles. The zero-order chi connectivity index (χ0) is 8.55. The SMILES string of the molecule is CC(C)N1[C]Nc2ccccc21. The molecule has 0 amide bonds. The van der Waals surface area contributed by atoms with Crippen LogP contribution < -0.4 is 10.2 Å². The number of anilines is 2. The Kier molecular flexibility index (Phi) is 1.68. The summed E-state index contributed by atoms with van der Waals surface area (Å²) in [7, 11) is 0. The Hall–Kier alpha value is -1.18. The minimum absolute atomic E-state index is 0.459. The molecule has 0 atom stereocenters. The van der Waals surface area contributed by atoms with Crippen molar-refractivity contribution in [1.82, 2.24) is 0 Å². The first-order chi connectivity index (χ1) is 5.79. The fourth-order valence-corrected chi connectivity index (χ4v) is 1.38. The number of rotatable bonds is 1. The van der Waals surface area contributed by atoms with Crippen LogP contribution in [0.25, 0.3) is 0 Å². The maximum Gasteiger partial charge on any atom is 0.206 e. The number of hydrogen-bond donors (Lipinski definition) is 1. The van der Waals surface area contributed by atoms with E-state index in [1.54, 1.807) is 0 Å². The number of hydrogen-bond acceptors (Lipinski definition) is 2. The van der Waals surface area contributed by atoms with E-state index < -0.39 is 0 Å². The summed E-state index contributed by atoms with van der Waals surface area (Å²) in [5.41, 5.74) is 2.36. The fraction of sp³-hybridized carbons (Fsp3) is 0.300. The van der Waals surface area contributed by atoms with Gasteiger partial charge in [0.1, 0.15) is 0 Å². The van der Waals surface area contributed by atoms with Gasteiger partial charge in [0.05, 0.1) is 11.4 Å². The second kappa shape index (κ2) is 2.70. The Morgan fingerprint density at radius 3 is 2.83 bits per heavy atom. The summed E-state index contributed by atoms with van der Waals surface area (Å²) < 4.78 is 0. The molecule has 62 valence electrons. The van der Waals surface area contributed by atoms with Gasteiger partial charge in [-0.1, -0.05) is 12.1 Å². The summed E-state index contributed by atoms with van der Waals surface area (Å²) in [6.45, 7) is 7.40. The van der Waals surface area contributed by atoms with Gasteiger partial charge in [-0.05, 0) is 26.0 Å². The first-order valence-corrected chi connectivity index (χ1v) is 4.19. The van der Waals surface area contributed by atoms with Crippen molar-refractivity contribution in [2.45, 2.75) is 19.9 Å². The molecule has 1 aromatic rings. The van der Waals surface area contributed by atoms with Gasteiger partial charge in [-0.25, -0.2) is 0 Å². The van der Waals surface area contributed by atoms with Gasteiger partial charge in [0, 0.05) is 6.04 Å². The average molecular weight is 160 g/mol. The third-order valence-electron chi connectivity index (χ3n) is 1.99. The van der Waals surface area contributed by atoms with E-state index >= 15 is 0 Å². The summed E-state index contributed by atoms with van der Waals surface area (Å²) in [5, 5.41) is 3.11. The van der Waals surface area contributed by atoms with Crippen LogP contribution in [-0.4, -0.2) is 6.04 Å². The van der Waals surface area contributed by atoms with Gasteiger partial charge in [-0.2, -0.15) is 0 Å². The van der Waals surface area contributed by atoms with Gasteiger partial charge in [0.25, 0.3) is 0 Å². The quantitative estimate of drug-likeness (QED) is 0.678. The minimum atomic E-state index is 0.459. The summed E-state index contributed by atoms with van der Waals surface area (Å²) in [4.78, 5) is 2.11. The molecule has 2 rings (SSSR count). The standard InChI is InChI=1S/C10H12N2/c1-8(2)12-7-11-9-5-3-4-6-10(9)12/h3-6,8,11H,1-2H3. The molecule has 1 aromatic carbocycles. The van der Waals surface area contributed by atoms with Crippen molar-refractivity contribution in [2.75, 3.05) is 10.2 Å². The molecule has 0 aliphatic carbocycles. The largest absolute Gasteiger partial charge is 0.354 e. The number of benzene rings is 1. The van der Waals surface area contributed by atoms with Gasteiger partial charge in [0.2, 0.25) is 6.67 Å². The van der Waals surface area contributed by atoms with E-state index in [9.17, 15) is 0 Å². The first kappa shape index (κ1) is 7.47. The number of fused-ring (bicyclic) bond motifs is 1. The summed E-state index contributed by atoms with van der Waals surface area (Å²) in [5.74, 6) is 0. The van der Waals surface area contributed by atoms with E-state index in [2.05, 4.69) is 42.9 Å². The lowest BCUT2D eigenvalue weighted by molar-refractivity contribution is 0.767. The zero-order valence-corrected chi connectivity index (χ0v) is 7.33. The smallest absolute Gasteiger partial charge is 0.206 e. The molecule has 12 heavy (non-hydrogen) atoms. The molecule has 2 heteroatoms. The van der Waals surface area contributed by atoms with Crippen LogP contribution in [0.15, 0.2) is 24.3 Å². The van der Waals surface area contributed by atoms with Gasteiger partial charge in [-0.3, -0.25) is 0 Å². The topological polar surface area (TPSA) is 15.3 Å². The van der Waals surface area contributed by atoms with Crippen molar-refractivity contribution >= 4 is 11.4 Å². The van der Waals surface area contributed by atoms with Crippen LogP contribution in [0.4, 0.5) is 11.4 Å². The molecule has 0 spiro atoms. The lowest BCUT2D eigenvalue weighted by Crippen LogP contribution is -2.25. The van der Waals surface area contributed by atoms with Gasteiger partial charge in [0.15, 0.2) is 0 Å². The Morgan fingerprint density at radius 1 is 1.33 bits per heavy atom. The third kappa shape index (κ3) is 1.04. The Labute approximate surface area is 73.2 Å². The van der Waals surface area contributed by atoms with Crippen LogP contribution in [0.5, 0.6) is 0 Å². The molecule has 0 saturated carbocycles. The van der Waals surface area contributed by atoms with E-state index in [4.69, 9.17) is 0 Å². The van der Waals surface area contributed by atoms with Crippen molar-refractivity contribution in [1.29, 1.82) is 0 Å². The van der Waals surface area contributed by atoms with E-state index in [1.165, 1.54) is 5.69 Å². The van der Waals surface area contributed by atoms with Crippen LogP contribution in [0.3, 0.4) is 0 Å². The Morgan fingerprint density at radius 2 is 2.08 bits per heavy atom. The summed E-state index contributed by atoms with van der Waals surface area (Å²) >= 11 is 0. The van der Waals surface area contributed by atoms with Crippen LogP contribution in [0.2, 0.25) is 0 Å². The van der Waals surface area contributed by atoms with Gasteiger partial charge < -0.3 is 10.2 Å². The molecular formula is C10H12N2. The highest BCUT2D eigenvalue weighted by Gasteiger charge is 2.20. The molecular weight excluding hydrogens is 148 g/mol. The molecule has 2 radical (unpaired) electrons. The summed E-state index contributed by atoms with van der Waals surface area (Å²) in [6, 6.07) is 8.69.